The third-order valence-electron chi connectivity index (χ3n) is 3.61. The molecule has 0 bridgehead atoms. The first-order valence-corrected chi connectivity index (χ1v) is 9.35. The Balaban J connectivity index is 1.55. The van der Waals surface area contributed by atoms with E-state index in [2.05, 4.69) is 15.6 Å². The highest BCUT2D eigenvalue weighted by Gasteiger charge is 2.15. The first kappa shape index (κ1) is 20.2. The molecule has 0 unspecified atom stereocenters. The first-order valence-electron chi connectivity index (χ1n) is 8.47. The lowest BCUT2D eigenvalue weighted by Crippen LogP contribution is -2.21. The highest BCUT2D eigenvalue weighted by molar-refractivity contribution is 7.13. The van der Waals surface area contributed by atoms with Gasteiger partial charge in [0.25, 0.3) is 5.91 Å². The van der Waals surface area contributed by atoms with E-state index in [0.29, 0.717) is 21.9 Å². The van der Waals surface area contributed by atoms with Crippen LogP contribution in [-0.4, -0.2) is 29.4 Å². The number of nitrogens with zero attached hydrogens (tertiary/aromatic N) is 1. The number of rotatable bonds is 6. The molecule has 148 valence electrons. The van der Waals surface area contributed by atoms with Crippen molar-refractivity contribution in [2.75, 3.05) is 17.2 Å². The maximum Gasteiger partial charge on any atom is 0.358 e. The summed E-state index contributed by atoms with van der Waals surface area (Å²) in [7, 11) is 0. The van der Waals surface area contributed by atoms with Crippen molar-refractivity contribution in [3.05, 3.63) is 65.4 Å². The number of esters is 1. The van der Waals surface area contributed by atoms with Crippen molar-refractivity contribution in [3.63, 3.8) is 0 Å². The van der Waals surface area contributed by atoms with Gasteiger partial charge in [0.1, 0.15) is 10.8 Å². The predicted octanol–water partition coefficient (Wildman–Crippen LogP) is 3.70. The van der Waals surface area contributed by atoms with Gasteiger partial charge in [-0.25, -0.2) is 14.2 Å². The molecular formula is C20H16FN3O4S. The van der Waals surface area contributed by atoms with Gasteiger partial charge in [-0.2, -0.15) is 0 Å². The van der Waals surface area contributed by atoms with Crippen molar-refractivity contribution in [1.82, 2.24) is 4.98 Å². The molecule has 0 spiro atoms. The number of hydrogen-bond acceptors (Lipinski definition) is 6. The summed E-state index contributed by atoms with van der Waals surface area (Å²) >= 11 is 1.21. The van der Waals surface area contributed by atoms with Gasteiger partial charge in [0.2, 0.25) is 5.91 Å². The van der Waals surface area contributed by atoms with Gasteiger partial charge in [-0.1, -0.05) is 6.07 Å². The van der Waals surface area contributed by atoms with Gasteiger partial charge >= 0.3 is 5.97 Å². The summed E-state index contributed by atoms with van der Waals surface area (Å²) in [5.41, 5.74) is 1.72. The minimum atomic E-state index is -0.739. The van der Waals surface area contributed by atoms with Crippen molar-refractivity contribution in [2.45, 2.75) is 6.92 Å². The third kappa shape index (κ3) is 5.69. The lowest BCUT2D eigenvalue weighted by Gasteiger charge is -2.08. The van der Waals surface area contributed by atoms with Gasteiger partial charge in [-0.05, 0) is 42.5 Å². The summed E-state index contributed by atoms with van der Waals surface area (Å²) in [6.07, 6.45) is 0. The summed E-state index contributed by atoms with van der Waals surface area (Å²) in [5.74, 6) is -1.87. The van der Waals surface area contributed by atoms with Gasteiger partial charge in [0.05, 0.1) is 0 Å². The maximum atomic E-state index is 13.0. The van der Waals surface area contributed by atoms with Crippen LogP contribution in [0.25, 0.3) is 10.6 Å². The molecule has 29 heavy (non-hydrogen) atoms. The topological polar surface area (TPSA) is 97.4 Å². The molecule has 3 aromatic rings. The van der Waals surface area contributed by atoms with Gasteiger partial charge in [0, 0.05) is 29.2 Å². The average Bonchev–Trinajstić information content (AvgIpc) is 3.17. The number of benzene rings is 2. The number of amides is 2. The SMILES string of the molecule is CC(=O)Nc1cccc(NC(=O)COC(=O)c2csc(-c3ccc(F)cc3)n2)c1. The number of carbonyl (C=O) groups excluding carboxylic acids is 3. The van der Waals surface area contributed by atoms with Crippen molar-refractivity contribution in [1.29, 1.82) is 0 Å². The number of halogens is 1. The Bertz CT molecular complexity index is 1050. The van der Waals surface area contributed by atoms with E-state index in [1.165, 1.54) is 35.8 Å². The van der Waals surface area contributed by atoms with Crippen LogP contribution in [0.4, 0.5) is 15.8 Å². The van der Waals surface area contributed by atoms with Crippen molar-refractivity contribution < 1.29 is 23.5 Å². The van der Waals surface area contributed by atoms with Crippen LogP contribution in [0.2, 0.25) is 0 Å². The highest BCUT2D eigenvalue weighted by atomic mass is 32.1. The maximum absolute atomic E-state index is 13.0. The fraction of sp³-hybridized carbons (Fsp3) is 0.100. The summed E-state index contributed by atoms with van der Waals surface area (Å²) < 4.78 is 18.0. The molecular weight excluding hydrogens is 397 g/mol. The number of ether oxygens (including phenoxy) is 1. The monoisotopic (exact) mass is 413 g/mol. The molecule has 0 radical (unpaired) electrons. The molecule has 0 atom stereocenters. The zero-order valence-electron chi connectivity index (χ0n) is 15.3. The number of nitrogens with one attached hydrogen (secondary N) is 2. The molecule has 0 aliphatic carbocycles. The zero-order valence-corrected chi connectivity index (χ0v) is 16.1. The van der Waals surface area contributed by atoms with Crippen LogP contribution < -0.4 is 10.6 Å². The second-order valence-corrected chi connectivity index (χ2v) is 6.79. The smallest absolute Gasteiger partial charge is 0.358 e. The van der Waals surface area contributed by atoms with Crippen LogP contribution in [-0.2, 0) is 14.3 Å². The van der Waals surface area contributed by atoms with Gasteiger partial charge < -0.3 is 15.4 Å². The van der Waals surface area contributed by atoms with E-state index in [1.807, 2.05) is 0 Å². The van der Waals surface area contributed by atoms with Crippen LogP contribution in [0.15, 0.2) is 53.9 Å². The standard InChI is InChI=1S/C20H16FN3O4S/c1-12(25)22-15-3-2-4-16(9-15)23-18(26)10-28-20(27)17-11-29-19(24-17)13-5-7-14(21)8-6-13/h2-9,11H,10H2,1H3,(H,22,25)(H,23,26). The fourth-order valence-electron chi connectivity index (χ4n) is 2.37. The van der Waals surface area contributed by atoms with Gasteiger partial charge in [-0.15, -0.1) is 11.3 Å². The van der Waals surface area contributed by atoms with Crippen LogP contribution >= 0.6 is 11.3 Å². The van der Waals surface area contributed by atoms with Crippen LogP contribution in [0.1, 0.15) is 17.4 Å². The van der Waals surface area contributed by atoms with E-state index >= 15 is 0 Å². The Morgan fingerprint density at radius 3 is 2.45 bits per heavy atom. The van der Waals surface area contributed by atoms with E-state index in [1.54, 1.807) is 36.4 Å². The second-order valence-electron chi connectivity index (χ2n) is 5.93. The number of carbonyl (C=O) groups is 3. The molecule has 1 aromatic heterocycles. The number of thiazole rings is 1. The summed E-state index contributed by atoms with van der Waals surface area (Å²) in [6, 6.07) is 12.3. The largest absolute Gasteiger partial charge is 0.451 e. The summed E-state index contributed by atoms with van der Waals surface area (Å²) in [5, 5.41) is 7.23. The summed E-state index contributed by atoms with van der Waals surface area (Å²) in [4.78, 5) is 39.4. The predicted molar refractivity (Wildman–Crippen MR) is 107 cm³/mol. The Kier molecular flexibility index (Phi) is 6.30. The van der Waals surface area contributed by atoms with Gasteiger partial charge in [-0.3, -0.25) is 9.59 Å². The molecule has 2 aromatic carbocycles. The number of aromatic nitrogens is 1. The zero-order chi connectivity index (χ0) is 20.8. The van der Waals surface area contributed by atoms with Crippen molar-refractivity contribution in [2.24, 2.45) is 0 Å². The normalized spacial score (nSPS) is 10.3. The minimum absolute atomic E-state index is 0.0646. The summed E-state index contributed by atoms with van der Waals surface area (Å²) in [6.45, 7) is 0.886. The Labute approximate surface area is 169 Å². The molecule has 2 N–H and O–H groups in total. The van der Waals surface area contributed by atoms with Crippen molar-refractivity contribution >= 4 is 40.5 Å². The molecule has 2 amide bonds. The molecule has 1 heterocycles. The van der Waals surface area contributed by atoms with Crippen LogP contribution in [0, 0.1) is 5.82 Å². The van der Waals surface area contributed by atoms with E-state index in [0.717, 1.165) is 0 Å². The number of anilines is 2. The Hall–Kier alpha value is -3.59. The van der Waals surface area contributed by atoms with Crippen molar-refractivity contribution in [3.8, 4) is 10.6 Å². The van der Waals surface area contributed by atoms with Crippen LogP contribution in [0.3, 0.4) is 0 Å². The molecule has 0 saturated carbocycles. The minimum Gasteiger partial charge on any atom is -0.451 e. The highest BCUT2D eigenvalue weighted by Crippen LogP contribution is 2.24. The molecule has 0 aliphatic heterocycles. The molecule has 9 heteroatoms. The average molecular weight is 413 g/mol. The molecule has 7 nitrogen and oxygen atoms in total. The van der Waals surface area contributed by atoms with Gasteiger partial charge in [0.15, 0.2) is 12.3 Å². The molecule has 3 rings (SSSR count). The lowest BCUT2D eigenvalue weighted by molar-refractivity contribution is -0.119. The third-order valence-corrected chi connectivity index (χ3v) is 4.50. The quantitative estimate of drug-likeness (QED) is 0.601. The van der Waals surface area contributed by atoms with E-state index in [9.17, 15) is 18.8 Å². The fourth-order valence-corrected chi connectivity index (χ4v) is 3.17. The lowest BCUT2D eigenvalue weighted by atomic mass is 10.2. The van der Waals surface area contributed by atoms with E-state index < -0.39 is 18.5 Å². The Morgan fingerprint density at radius 1 is 1.07 bits per heavy atom. The van der Waals surface area contributed by atoms with E-state index in [-0.39, 0.29) is 17.4 Å². The number of hydrogen-bond donors (Lipinski definition) is 2. The molecule has 0 saturated heterocycles. The molecule has 0 fully saturated rings. The second kappa shape index (κ2) is 9.07. The molecule has 0 aliphatic rings. The first-order chi connectivity index (χ1) is 13.9. The van der Waals surface area contributed by atoms with Crippen LogP contribution in [0.5, 0.6) is 0 Å². The van der Waals surface area contributed by atoms with E-state index in [4.69, 9.17) is 4.74 Å². The Morgan fingerprint density at radius 2 is 1.76 bits per heavy atom.